The zero-order valence-electron chi connectivity index (χ0n) is 10.6. The van der Waals surface area contributed by atoms with E-state index >= 15 is 0 Å². The minimum atomic E-state index is 0.627. The molecule has 2 aromatic heterocycles. The lowest BCUT2D eigenvalue weighted by Gasteiger charge is -2.01. The van der Waals surface area contributed by atoms with Crippen LogP contribution in [0.3, 0.4) is 0 Å². The van der Waals surface area contributed by atoms with E-state index in [-0.39, 0.29) is 0 Å². The van der Waals surface area contributed by atoms with Gasteiger partial charge in [0.1, 0.15) is 6.33 Å². The second-order valence-electron chi connectivity index (χ2n) is 4.40. The number of nitrogens with zero attached hydrogens (tertiary/aromatic N) is 4. The molecule has 5 nitrogen and oxygen atoms in total. The Balaban J connectivity index is 1.84. The van der Waals surface area contributed by atoms with Crippen molar-refractivity contribution >= 4 is 21.6 Å². The maximum Gasteiger partial charge on any atom is 0.181 e. The SMILES string of the molecule is Nc1cccc(-c2ncn(Cc3cncc(Br)c3)n2)c1. The van der Waals surface area contributed by atoms with Crippen molar-refractivity contribution in [2.45, 2.75) is 6.54 Å². The van der Waals surface area contributed by atoms with Crippen molar-refractivity contribution in [3.63, 3.8) is 0 Å². The number of hydrogen-bond acceptors (Lipinski definition) is 4. The van der Waals surface area contributed by atoms with Gasteiger partial charge in [0.25, 0.3) is 0 Å². The van der Waals surface area contributed by atoms with Gasteiger partial charge in [-0.2, -0.15) is 5.10 Å². The highest BCUT2D eigenvalue weighted by atomic mass is 79.9. The summed E-state index contributed by atoms with van der Waals surface area (Å²) >= 11 is 3.40. The van der Waals surface area contributed by atoms with Crippen LogP contribution in [0.5, 0.6) is 0 Å². The van der Waals surface area contributed by atoms with Gasteiger partial charge in [0.15, 0.2) is 5.82 Å². The third-order valence-electron chi connectivity index (χ3n) is 2.79. The molecule has 0 unspecified atom stereocenters. The Bertz CT molecular complexity index is 738. The van der Waals surface area contributed by atoms with Crippen LogP contribution in [0.25, 0.3) is 11.4 Å². The second kappa shape index (κ2) is 5.42. The first-order valence-corrected chi connectivity index (χ1v) is 6.85. The van der Waals surface area contributed by atoms with Gasteiger partial charge in [-0.15, -0.1) is 0 Å². The summed E-state index contributed by atoms with van der Waals surface area (Å²) in [6.45, 7) is 0.627. The van der Waals surface area contributed by atoms with Crippen LogP contribution in [0.1, 0.15) is 5.56 Å². The molecule has 0 spiro atoms. The maximum absolute atomic E-state index is 5.77. The van der Waals surface area contributed by atoms with Gasteiger partial charge in [0, 0.05) is 28.1 Å². The van der Waals surface area contributed by atoms with Gasteiger partial charge in [0.05, 0.1) is 6.54 Å². The summed E-state index contributed by atoms with van der Waals surface area (Å²) < 4.78 is 2.73. The first-order chi connectivity index (χ1) is 9.70. The molecule has 0 fully saturated rings. The van der Waals surface area contributed by atoms with E-state index in [0.717, 1.165) is 15.6 Å². The smallest absolute Gasteiger partial charge is 0.181 e. The van der Waals surface area contributed by atoms with Crippen molar-refractivity contribution in [1.82, 2.24) is 19.7 Å². The standard InChI is InChI=1S/C14H12BrN5/c15-12-4-10(6-17-7-12)8-20-9-18-14(19-20)11-2-1-3-13(16)5-11/h1-7,9H,8,16H2. The molecule has 6 heteroatoms. The minimum absolute atomic E-state index is 0.627. The van der Waals surface area contributed by atoms with Gasteiger partial charge < -0.3 is 5.73 Å². The number of nitrogens with two attached hydrogens (primary N) is 1. The Morgan fingerprint density at radius 2 is 2.10 bits per heavy atom. The fraction of sp³-hybridized carbons (Fsp3) is 0.0714. The van der Waals surface area contributed by atoms with E-state index in [1.54, 1.807) is 17.2 Å². The van der Waals surface area contributed by atoms with E-state index in [2.05, 4.69) is 31.0 Å². The molecule has 100 valence electrons. The van der Waals surface area contributed by atoms with E-state index in [0.29, 0.717) is 18.1 Å². The molecule has 0 aliphatic carbocycles. The Labute approximate surface area is 124 Å². The predicted octanol–water partition coefficient (Wildman–Crippen LogP) is 2.73. The van der Waals surface area contributed by atoms with Crippen LogP contribution < -0.4 is 5.73 Å². The maximum atomic E-state index is 5.77. The number of anilines is 1. The molecule has 2 heterocycles. The average molecular weight is 330 g/mol. The summed E-state index contributed by atoms with van der Waals surface area (Å²) in [6.07, 6.45) is 5.27. The van der Waals surface area contributed by atoms with Crippen molar-refractivity contribution in [2.24, 2.45) is 0 Å². The molecule has 0 saturated carbocycles. The van der Waals surface area contributed by atoms with Gasteiger partial charge in [-0.05, 0) is 39.7 Å². The fourth-order valence-corrected chi connectivity index (χ4v) is 2.32. The van der Waals surface area contributed by atoms with E-state index in [1.807, 2.05) is 36.5 Å². The van der Waals surface area contributed by atoms with E-state index < -0.39 is 0 Å². The Morgan fingerprint density at radius 1 is 1.20 bits per heavy atom. The Kier molecular flexibility index (Phi) is 3.47. The summed E-state index contributed by atoms with van der Waals surface area (Å²) in [5, 5.41) is 4.45. The lowest BCUT2D eigenvalue weighted by molar-refractivity contribution is 0.684. The van der Waals surface area contributed by atoms with Crippen LogP contribution in [0.2, 0.25) is 0 Å². The quantitative estimate of drug-likeness (QED) is 0.750. The van der Waals surface area contributed by atoms with Crippen molar-refractivity contribution in [3.05, 3.63) is 59.1 Å². The molecule has 0 aliphatic heterocycles. The molecule has 1 aromatic carbocycles. The first kappa shape index (κ1) is 12.8. The molecule has 0 aliphatic rings. The lowest BCUT2D eigenvalue weighted by Crippen LogP contribution is -2.01. The molecule has 0 atom stereocenters. The van der Waals surface area contributed by atoms with Crippen molar-refractivity contribution in [3.8, 4) is 11.4 Å². The van der Waals surface area contributed by atoms with Crippen LogP contribution in [-0.2, 0) is 6.54 Å². The highest BCUT2D eigenvalue weighted by Gasteiger charge is 2.05. The first-order valence-electron chi connectivity index (χ1n) is 6.05. The molecule has 2 N–H and O–H groups in total. The summed E-state index contributed by atoms with van der Waals surface area (Å²) in [4.78, 5) is 8.44. The molecule has 3 aromatic rings. The van der Waals surface area contributed by atoms with Gasteiger partial charge in [0.2, 0.25) is 0 Å². The Morgan fingerprint density at radius 3 is 2.90 bits per heavy atom. The van der Waals surface area contributed by atoms with E-state index in [4.69, 9.17) is 5.73 Å². The average Bonchev–Trinajstić information content (AvgIpc) is 2.87. The van der Waals surface area contributed by atoms with E-state index in [9.17, 15) is 0 Å². The number of hydrogen-bond donors (Lipinski definition) is 1. The molecule has 0 saturated heterocycles. The normalized spacial score (nSPS) is 10.7. The second-order valence-corrected chi connectivity index (χ2v) is 5.32. The molecule has 3 rings (SSSR count). The van der Waals surface area contributed by atoms with E-state index in [1.165, 1.54) is 0 Å². The van der Waals surface area contributed by atoms with Gasteiger partial charge >= 0.3 is 0 Å². The topological polar surface area (TPSA) is 69.6 Å². The third-order valence-corrected chi connectivity index (χ3v) is 3.22. The van der Waals surface area contributed by atoms with Crippen LogP contribution in [0, 0.1) is 0 Å². The van der Waals surface area contributed by atoms with Crippen molar-refractivity contribution < 1.29 is 0 Å². The monoisotopic (exact) mass is 329 g/mol. The van der Waals surface area contributed by atoms with Gasteiger partial charge in [-0.1, -0.05) is 12.1 Å². The van der Waals surface area contributed by atoms with Crippen LogP contribution >= 0.6 is 15.9 Å². The number of rotatable bonds is 3. The third kappa shape index (κ3) is 2.85. The molecular formula is C14H12BrN5. The van der Waals surface area contributed by atoms with Crippen LogP contribution in [-0.4, -0.2) is 19.7 Å². The molecule has 20 heavy (non-hydrogen) atoms. The van der Waals surface area contributed by atoms with Crippen molar-refractivity contribution in [2.75, 3.05) is 5.73 Å². The fourth-order valence-electron chi connectivity index (χ4n) is 1.91. The highest BCUT2D eigenvalue weighted by Crippen LogP contribution is 2.17. The number of benzene rings is 1. The van der Waals surface area contributed by atoms with Gasteiger partial charge in [-0.25, -0.2) is 9.67 Å². The molecule has 0 radical (unpaired) electrons. The number of aromatic nitrogens is 4. The summed E-state index contributed by atoms with van der Waals surface area (Å²) in [7, 11) is 0. The van der Waals surface area contributed by atoms with Crippen LogP contribution in [0.4, 0.5) is 5.69 Å². The largest absolute Gasteiger partial charge is 0.399 e. The molecule has 0 bridgehead atoms. The highest BCUT2D eigenvalue weighted by molar-refractivity contribution is 9.10. The number of pyridine rings is 1. The van der Waals surface area contributed by atoms with Gasteiger partial charge in [-0.3, -0.25) is 4.98 Å². The summed E-state index contributed by atoms with van der Waals surface area (Å²) in [6, 6.07) is 9.54. The lowest BCUT2D eigenvalue weighted by atomic mass is 10.2. The number of nitrogen functional groups attached to an aromatic ring is 1. The molecule has 0 amide bonds. The summed E-state index contributed by atoms with van der Waals surface area (Å²) in [5.41, 5.74) is 8.44. The number of halogens is 1. The zero-order valence-corrected chi connectivity index (χ0v) is 12.2. The predicted molar refractivity (Wildman–Crippen MR) is 80.9 cm³/mol. The van der Waals surface area contributed by atoms with Crippen molar-refractivity contribution in [1.29, 1.82) is 0 Å². The van der Waals surface area contributed by atoms with Crippen LogP contribution in [0.15, 0.2) is 53.5 Å². The Hall–Kier alpha value is -2.21. The minimum Gasteiger partial charge on any atom is -0.399 e. The molecular weight excluding hydrogens is 318 g/mol. The zero-order chi connectivity index (χ0) is 13.9. The summed E-state index contributed by atoms with van der Waals surface area (Å²) in [5.74, 6) is 0.667.